The number of alkyl halides is 2. The summed E-state index contributed by atoms with van der Waals surface area (Å²) in [6.45, 7) is -0.0921. The van der Waals surface area contributed by atoms with Crippen molar-refractivity contribution in [3.05, 3.63) is 29.8 Å². The zero-order chi connectivity index (χ0) is 13.1. The van der Waals surface area contributed by atoms with Crippen LogP contribution in [0.1, 0.15) is 24.3 Å². The second-order valence-corrected chi connectivity index (χ2v) is 4.46. The number of hydrogen-bond acceptors (Lipinski definition) is 2. The van der Waals surface area contributed by atoms with Gasteiger partial charge in [0.1, 0.15) is 5.75 Å². The molecule has 1 aliphatic heterocycles. The highest BCUT2D eigenvalue weighted by atomic mass is 19.3. The summed E-state index contributed by atoms with van der Waals surface area (Å²) in [4.78, 5) is 13.3. The van der Waals surface area contributed by atoms with E-state index in [2.05, 4.69) is 0 Å². The van der Waals surface area contributed by atoms with Crippen molar-refractivity contribution in [1.29, 1.82) is 0 Å². The van der Waals surface area contributed by atoms with Crippen molar-refractivity contribution in [1.82, 2.24) is 4.90 Å². The summed E-state index contributed by atoms with van der Waals surface area (Å²) in [6, 6.07) is 6.36. The Labute approximate surface area is 104 Å². The van der Waals surface area contributed by atoms with E-state index in [1.165, 1.54) is 17.0 Å². The lowest BCUT2D eigenvalue weighted by atomic mass is 9.90. The first-order valence-electron chi connectivity index (χ1n) is 5.94. The zero-order valence-electron chi connectivity index (χ0n) is 9.85. The van der Waals surface area contributed by atoms with Crippen molar-refractivity contribution < 1.29 is 18.7 Å². The molecule has 5 heteroatoms. The van der Waals surface area contributed by atoms with Gasteiger partial charge in [0.15, 0.2) is 0 Å². The number of benzene rings is 1. The van der Waals surface area contributed by atoms with Crippen LogP contribution in [-0.2, 0) is 4.79 Å². The van der Waals surface area contributed by atoms with E-state index in [9.17, 15) is 18.7 Å². The molecule has 0 bridgehead atoms. The summed E-state index contributed by atoms with van der Waals surface area (Å²) in [7, 11) is 0. The second kappa shape index (κ2) is 5.33. The SMILES string of the molecule is O=C1C(c2ccc(O)cc2)CCCN1CC(F)F. The molecule has 0 aliphatic carbocycles. The molecular formula is C13H15F2NO2. The van der Waals surface area contributed by atoms with Gasteiger partial charge in [-0.2, -0.15) is 0 Å². The highest BCUT2D eigenvalue weighted by Crippen LogP contribution is 2.29. The van der Waals surface area contributed by atoms with Crippen molar-refractivity contribution in [3.63, 3.8) is 0 Å². The van der Waals surface area contributed by atoms with Gasteiger partial charge in [-0.05, 0) is 30.5 Å². The molecule has 1 heterocycles. The fourth-order valence-corrected chi connectivity index (χ4v) is 2.30. The van der Waals surface area contributed by atoms with Crippen LogP contribution in [0.4, 0.5) is 8.78 Å². The molecule has 2 rings (SSSR count). The van der Waals surface area contributed by atoms with Gasteiger partial charge in [0.05, 0.1) is 12.5 Å². The number of likely N-dealkylation sites (tertiary alicyclic amines) is 1. The molecule has 1 fully saturated rings. The quantitative estimate of drug-likeness (QED) is 0.900. The highest BCUT2D eigenvalue weighted by Gasteiger charge is 2.31. The van der Waals surface area contributed by atoms with Crippen LogP contribution in [0.15, 0.2) is 24.3 Å². The number of halogens is 2. The summed E-state index contributed by atoms with van der Waals surface area (Å²) in [5.41, 5.74) is 0.775. The lowest BCUT2D eigenvalue weighted by Gasteiger charge is -2.32. The third-order valence-electron chi connectivity index (χ3n) is 3.18. The summed E-state index contributed by atoms with van der Waals surface area (Å²) >= 11 is 0. The zero-order valence-corrected chi connectivity index (χ0v) is 9.85. The number of piperidine rings is 1. The van der Waals surface area contributed by atoms with E-state index < -0.39 is 13.0 Å². The molecule has 0 aromatic heterocycles. The summed E-state index contributed by atoms with van der Waals surface area (Å²) in [5.74, 6) is -0.475. The van der Waals surface area contributed by atoms with Crippen LogP contribution >= 0.6 is 0 Å². The van der Waals surface area contributed by atoms with Gasteiger partial charge in [0.2, 0.25) is 5.91 Å². The van der Waals surface area contributed by atoms with Gasteiger partial charge in [0.25, 0.3) is 6.43 Å². The number of phenols is 1. The molecule has 1 aromatic carbocycles. The first-order chi connectivity index (χ1) is 8.58. The predicted molar refractivity (Wildman–Crippen MR) is 62.7 cm³/mol. The fraction of sp³-hybridized carbons (Fsp3) is 0.462. The van der Waals surface area contributed by atoms with Crippen LogP contribution in [0, 0.1) is 0 Å². The minimum atomic E-state index is -2.49. The van der Waals surface area contributed by atoms with Gasteiger partial charge in [-0.25, -0.2) is 8.78 Å². The van der Waals surface area contributed by atoms with E-state index in [1.54, 1.807) is 12.1 Å². The van der Waals surface area contributed by atoms with Crippen LogP contribution in [-0.4, -0.2) is 35.4 Å². The third kappa shape index (κ3) is 2.78. The molecule has 0 spiro atoms. The van der Waals surface area contributed by atoms with E-state index in [1.807, 2.05) is 0 Å². The molecule has 1 N–H and O–H groups in total. The minimum Gasteiger partial charge on any atom is -0.508 e. The first-order valence-corrected chi connectivity index (χ1v) is 5.94. The van der Waals surface area contributed by atoms with Gasteiger partial charge in [-0.1, -0.05) is 12.1 Å². The van der Waals surface area contributed by atoms with Crippen LogP contribution in [0.3, 0.4) is 0 Å². The molecule has 18 heavy (non-hydrogen) atoms. The standard InChI is InChI=1S/C13H15F2NO2/c14-12(15)8-16-7-1-2-11(13(16)18)9-3-5-10(17)6-4-9/h3-6,11-12,17H,1-2,7-8H2. The van der Waals surface area contributed by atoms with Crippen LogP contribution in [0.25, 0.3) is 0 Å². The Morgan fingerprint density at radius 3 is 2.61 bits per heavy atom. The molecule has 1 aliphatic rings. The Hall–Kier alpha value is -1.65. The molecule has 98 valence electrons. The second-order valence-electron chi connectivity index (χ2n) is 4.46. The molecule has 0 radical (unpaired) electrons. The van der Waals surface area contributed by atoms with E-state index in [0.717, 1.165) is 12.0 Å². The Morgan fingerprint density at radius 2 is 2.00 bits per heavy atom. The lowest BCUT2D eigenvalue weighted by Crippen LogP contribution is -2.42. The van der Waals surface area contributed by atoms with Crippen LogP contribution in [0.5, 0.6) is 5.75 Å². The minimum absolute atomic E-state index is 0.131. The van der Waals surface area contributed by atoms with E-state index in [4.69, 9.17) is 0 Å². The third-order valence-corrected chi connectivity index (χ3v) is 3.18. The van der Waals surface area contributed by atoms with Gasteiger partial charge < -0.3 is 10.0 Å². The first kappa shape index (κ1) is 12.8. The molecule has 0 saturated carbocycles. The number of aromatic hydroxyl groups is 1. The number of amides is 1. The van der Waals surface area contributed by atoms with Gasteiger partial charge in [-0.15, -0.1) is 0 Å². The molecule has 1 amide bonds. The maximum Gasteiger partial charge on any atom is 0.255 e. The van der Waals surface area contributed by atoms with Gasteiger partial charge in [-0.3, -0.25) is 4.79 Å². The number of phenolic OH excluding ortho intramolecular Hbond substituents is 1. The molecule has 1 atom stereocenters. The Bertz CT molecular complexity index is 420. The molecule has 1 unspecified atom stereocenters. The Kier molecular flexibility index (Phi) is 3.79. The van der Waals surface area contributed by atoms with Crippen molar-refractivity contribution in [3.8, 4) is 5.75 Å². The van der Waals surface area contributed by atoms with Crippen molar-refractivity contribution in [2.45, 2.75) is 25.2 Å². The topological polar surface area (TPSA) is 40.5 Å². The van der Waals surface area contributed by atoms with E-state index >= 15 is 0 Å². The average Bonchev–Trinajstić information content (AvgIpc) is 2.33. The number of carbonyl (C=O) groups is 1. The normalized spacial score (nSPS) is 20.5. The number of rotatable bonds is 3. The largest absolute Gasteiger partial charge is 0.508 e. The number of carbonyl (C=O) groups excluding carboxylic acids is 1. The Balaban J connectivity index is 2.13. The Morgan fingerprint density at radius 1 is 1.33 bits per heavy atom. The van der Waals surface area contributed by atoms with Gasteiger partial charge in [0, 0.05) is 6.54 Å². The molecule has 3 nitrogen and oxygen atoms in total. The molecule has 1 aromatic rings. The highest BCUT2D eigenvalue weighted by molar-refractivity contribution is 5.84. The van der Waals surface area contributed by atoms with E-state index in [0.29, 0.717) is 13.0 Å². The predicted octanol–water partition coefficient (Wildman–Crippen LogP) is 2.36. The van der Waals surface area contributed by atoms with Crippen LogP contribution < -0.4 is 0 Å². The van der Waals surface area contributed by atoms with Crippen molar-refractivity contribution >= 4 is 5.91 Å². The molecular weight excluding hydrogens is 240 g/mol. The average molecular weight is 255 g/mol. The molecule has 1 saturated heterocycles. The number of hydrogen-bond donors (Lipinski definition) is 1. The summed E-state index contributed by atoms with van der Waals surface area (Å²) < 4.78 is 24.7. The maximum absolute atomic E-state index is 12.3. The van der Waals surface area contributed by atoms with E-state index in [-0.39, 0.29) is 17.6 Å². The van der Waals surface area contributed by atoms with Gasteiger partial charge >= 0.3 is 0 Å². The van der Waals surface area contributed by atoms with Crippen molar-refractivity contribution in [2.75, 3.05) is 13.1 Å². The lowest BCUT2D eigenvalue weighted by molar-refractivity contribution is -0.137. The fourth-order valence-electron chi connectivity index (χ4n) is 2.30. The van der Waals surface area contributed by atoms with Crippen molar-refractivity contribution in [2.24, 2.45) is 0 Å². The monoisotopic (exact) mass is 255 g/mol. The number of nitrogens with zero attached hydrogens (tertiary/aromatic N) is 1. The smallest absolute Gasteiger partial charge is 0.255 e. The summed E-state index contributed by atoms with van der Waals surface area (Å²) in [5, 5.41) is 9.20. The van der Waals surface area contributed by atoms with Crippen LogP contribution in [0.2, 0.25) is 0 Å². The summed E-state index contributed by atoms with van der Waals surface area (Å²) in [6.07, 6.45) is -1.10. The maximum atomic E-state index is 12.3.